The minimum atomic E-state index is -1.09. The van der Waals surface area contributed by atoms with Gasteiger partial charge in [-0.25, -0.2) is 4.39 Å². The molecule has 0 heterocycles. The van der Waals surface area contributed by atoms with E-state index in [0.717, 1.165) is 6.42 Å². The van der Waals surface area contributed by atoms with Crippen LogP contribution in [0.2, 0.25) is 0 Å². The van der Waals surface area contributed by atoms with Crippen LogP contribution in [-0.2, 0) is 4.79 Å². The minimum absolute atomic E-state index is 0. The Morgan fingerprint density at radius 2 is 2.08 bits per heavy atom. The third-order valence-corrected chi connectivity index (χ3v) is 1.50. The first kappa shape index (κ1) is 14.9. The number of halogens is 1. The average Bonchev–Trinajstić information content (AvgIpc) is 1.87. The summed E-state index contributed by atoms with van der Waals surface area (Å²) in [5.74, 6) is -1.09. The number of carboxylic acid groups (broad SMARTS) is 1. The van der Waals surface area contributed by atoms with Crippen molar-refractivity contribution in [2.24, 2.45) is 0 Å². The van der Waals surface area contributed by atoms with Crippen LogP contribution >= 0.6 is 0 Å². The van der Waals surface area contributed by atoms with Gasteiger partial charge in [-0.05, 0) is 25.7 Å². The molecule has 0 radical (unpaired) electrons. The van der Waals surface area contributed by atoms with Gasteiger partial charge >= 0.3 is 29.6 Å². The van der Waals surface area contributed by atoms with Crippen molar-refractivity contribution in [1.82, 2.24) is 0 Å². The van der Waals surface area contributed by atoms with Crippen LogP contribution in [0.4, 0.5) is 4.39 Å². The molecule has 0 aliphatic carbocycles. The molecule has 0 saturated carbocycles. The van der Waals surface area contributed by atoms with Gasteiger partial charge in [-0.2, -0.15) is 0 Å². The third-order valence-electron chi connectivity index (χ3n) is 1.50. The molecular formula is C8H14FNaO2. The number of carboxylic acids is 1. The minimum Gasteiger partial charge on any atom is -0.550 e. The predicted molar refractivity (Wildman–Crippen MR) is 38.7 cm³/mol. The molecule has 4 heteroatoms. The van der Waals surface area contributed by atoms with Crippen LogP contribution in [0.5, 0.6) is 0 Å². The van der Waals surface area contributed by atoms with Gasteiger partial charge in [-0.1, -0.05) is 13.3 Å². The quantitative estimate of drug-likeness (QED) is 0.450. The molecule has 0 aliphatic rings. The molecule has 12 heavy (non-hydrogen) atoms. The van der Waals surface area contributed by atoms with Crippen LogP contribution < -0.4 is 34.7 Å². The zero-order valence-electron chi connectivity index (χ0n) is 7.81. The van der Waals surface area contributed by atoms with E-state index in [0.29, 0.717) is 19.3 Å². The van der Waals surface area contributed by atoms with Gasteiger partial charge in [-0.15, -0.1) is 0 Å². The van der Waals surface area contributed by atoms with E-state index in [2.05, 4.69) is 0 Å². The van der Waals surface area contributed by atoms with Gasteiger partial charge in [0.15, 0.2) is 0 Å². The molecule has 0 amide bonds. The summed E-state index contributed by atoms with van der Waals surface area (Å²) in [5.41, 5.74) is 0. The van der Waals surface area contributed by atoms with Crippen molar-refractivity contribution in [2.75, 3.05) is 0 Å². The van der Waals surface area contributed by atoms with E-state index in [1.165, 1.54) is 0 Å². The Hall–Kier alpha value is 0.400. The fourth-order valence-corrected chi connectivity index (χ4v) is 0.925. The second kappa shape index (κ2) is 9.49. The maximum Gasteiger partial charge on any atom is 1.00 e. The first-order valence-corrected chi connectivity index (χ1v) is 4.00. The van der Waals surface area contributed by atoms with Crippen LogP contribution in [0.25, 0.3) is 0 Å². The first-order chi connectivity index (χ1) is 5.16. The van der Waals surface area contributed by atoms with E-state index >= 15 is 0 Å². The monoisotopic (exact) mass is 184 g/mol. The molecule has 0 aromatic rings. The summed E-state index contributed by atoms with van der Waals surface area (Å²) in [4.78, 5) is 9.91. The Morgan fingerprint density at radius 3 is 2.50 bits per heavy atom. The molecule has 2 nitrogen and oxygen atoms in total. The number of carbonyl (C=O) groups excluding carboxylic acids is 1. The molecular weight excluding hydrogens is 170 g/mol. The van der Waals surface area contributed by atoms with E-state index in [4.69, 9.17) is 0 Å². The molecule has 0 N–H and O–H groups in total. The van der Waals surface area contributed by atoms with Gasteiger partial charge in [0, 0.05) is 5.97 Å². The molecule has 0 aromatic heterocycles. The van der Waals surface area contributed by atoms with E-state index < -0.39 is 12.1 Å². The van der Waals surface area contributed by atoms with Crippen molar-refractivity contribution >= 4 is 5.97 Å². The summed E-state index contributed by atoms with van der Waals surface area (Å²) in [6.45, 7) is 1.91. The summed E-state index contributed by atoms with van der Waals surface area (Å²) >= 11 is 0. The third kappa shape index (κ3) is 10.4. The first-order valence-electron chi connectivity index (χ1n) is 4.00. The van der Waals surface area contributed by atoms with Crippen LogP contribution in [-0.4, -0.2) is 12.1 Å². The molecule has 0 aliphatic heterocycles. The topological polar surface area (TPSA) is 40.1 Å². The van der Waals surface area contributed by atoms with Gasteiger partial charge < -0.3 is 9.90 Å². The van der Waals surface area contributed by atoms with Crippen molar-refractivity contribution in [1.29, 1.82) is 0 Å². The number of hydrogen-bond acceptors (Lipinski definition) is 2. The van der Waals surface area contributed by atoms with Crippen molar-refractivity contribution in [3.05, 3.63) is 0 Å². The molecule has 0 fully saturated rings. The van der Waals surface area contributed by atoms with Gasteiger partial charge in [0.1, 0.15) is 6.17 Å². The van der Waals surface area contributed by atoms with Gasteiger partial charge in [-0.3, -0.25) is 0 Å². The second-order valence-corrected chi connectivity index (χ2v) is 2.65. The molecule has 0 bridgehead atoms. The van der Waals surface area contributed by atoms with Gasteiger partial charge in [0.05, 0.1) is 0 Å². The molecule has 0 spiro atoms. The maximum absolute atomic E-state index is 12.6. The summed E-state index contributed by atoms with van der Waals surface area (Å²) in [6.07, 6.45) is 1.23. The molecule has 0 saturated heterocycles. The second-order valence-electron chi connectivity index (χ2n) is 2.65. The standard InChI is InChI=1S/C8H15FO2.Na/c1-2-4-7(9)5-3-6-8(10)11;/h7H,2-6H2,1H3,(H,10,11);/q;+1/p-1. The Bertz CT molecular complexity index is 120. The van der Waals surface area contributed by atoms with Crippen LogP contribution in [0.15, 0.2) is 0 Å². The number of carbonyl (C=O) groups is 1. The smallest absolute Gasteiger partial charge is 0.550 e. The Morgan fingerprint density at radius 1 is 1.50 bits per heavy atom. The molecule has 0 aromatic carbocycles. The number of rotatable bonds is 6. The normalized spacial score (nSPS) is 11.8. The average molecular weight is 184 g/mol. The number of hydrogen-bond donors (Lipinski definition) is 0. The molecule has 0 rings (SSSR count). The zero-order chi connectivity index (χ0) is 8.69. The van der Waals surface area contributed by atoms with E-state index in [9.17, 15) is 14.3 Å². The fourth-order valence-electron chi connectivity index (χ4n) is 0.925. The van der Waals surface area contributed by atoms with Crippen LogP contribution in [0, 0.1) is 0 Å². The van der Waals surface area contributed by atoms with E-state index in [1.54, 1.807) is 0 Å². The molecule has 1 unspecified atom stereocenters. The van der Waals surface area contributed by atoms with Gasteiger partial charge in [0.2, 0.25) is 0 Å². The van der Waals surface area contributed by atoms with Gasteiger partial charge in [0.25, 0.3) is 0 Å². The van der Waals surface area contributed by atoms with Crippen LogP contribution in [0.1, 0.15) is 39.0 Å². The summed E-state index contributed by atoms with van der Waals surface area (Å²) in [6, 6.07) is 0. The largest absolute Gasteiger partial charge is 1.00 e. The van der Waals surface area contributed by atoms with Crippen molar-refractivity contribution < 1.29 is 43.8 Å². The zero-order valence-corrected chi connectivity index (χ0v) is 9.81. The molecule has 66 valence electrons. The Kier molecular flexibility index (Phi) is 11.8. The Balaban J connectivity index is 0. The fraction of sp³-hybridized carbons (Fsp3) is 0.875. The van der Waals surface area contributed by atoms with Crippen molar-refractivity contribution in [3.8, 4) is 0 Å². The summed E-state index contributed by atoms with van der Waals surface area (Å²) < 4.78 is 12.6. The SMILES string of the molecule is CCCC(F)CCCC(=O)[O-].[Na+]. The predicted octanol–water partition coefficient (Wildman–Crippen LogP) is -1.95. The summed E-state index contributed by atoms with van der Waals surface area (Å²) in [7, 11) is 0. The van der Waals surface area contributed by atoms with Crippen LogP contribution in [0.3, 0.4) is 0 Å². The molecule has 1 atom stereocenters. The maximum atomic E-state index is 12.6. The van der Waals surface area contributed by atoms with E-state index in [-0.39, 0.29) is 36.0 Å². The Labute approximate surface area is 94.8 Å². The van der Waals surface area contributed by atoms with E-state index in [1.807, 2.05) is 6.92 Å². The summed E-state index contributed by atoms with van der Waals surface area (Å²) in [5, 5.41) is 9.91. The van der Waals surface area contributed by atoms with Crippen molar-refractivity contribution in [2.45, 2.75) is 45.2 Å². The number of alkyl halides is 1. The van der Waals surface area contributed by atoms with Crippen molar-refractivity contribution in [3.63, 3.8) is 0 Å². The number of aliphatic carboxylic acids is 1.